The Morgan fingerprint density at radius 1 is 1.67 bits per heavy atom. The number of allylic oxidation sites excluding steroid dienone is 1. The Morgan fingerprint density at radius 2 is 2.42 bits per heavy atom. The summed E-state index contributed by atoms with van der Waals surface area (Å²) in [5.74, 6) is 0.0375. The molecule has 0 radical (unpaired) electrons. The Kier molecular flexibility index (Phi) is 3.05. The van der Waals surface area contributed by atoms with Gasteiger partial charge in [0.15, 0.2) is 0 Å². The summed E-state index contributed by atoms with van der Waals surface area (Å²) in [6, 6.07) is 3.85. The number of carbonyl (C=O) groups is 1. The summed E-state index contributed by atoms with van der Waals surface area (Å²) < 4.78 is 0. The zero-order valence-corrected chi connectivity index (χ0v) is 7.97. The molecule has 0 atom stereocenters. The lowest BCUT2D eigenvalue weighted by Gasteiger charge is -2.12. The Morgan fingerprint density at radius 3 is 2.83 bits per heavy atom. The van der Waals surface area contributed by atoms with E-state index in [1.54, 1.807) is 29.4 Å². The molecule has 3 heteroatoms. The first-order valence-electron chi connectivity index (χ1n) is 3.72. The predicted molar refractivity (Wildman–Crippen MR) is 52.3 cm³/mol. The summed E-state index contributed by atoms with van der Waals surface area (Å²) in [6.45, 7) is 3.45. The molecule has 2 nitrogen and oxygen atoms in total. The standard InChI is InChI=1S/C9H11NOS/c1-3-6-10(8(2)11)9-5-4-7-12-9/h3-7H,1-2H3/b6-3-. The van der Waals surface area contributed by atoms with Crippen LogP contribution < -0.4 is 4.90 Å². The predicted octanol–water partition coefficient (Wildman–Crippen LogP) is 2.63. The van der Waals surface area contributed by atoms with Gasteiger partial charge in [0, 0.05) is 13.1 Å². The molecule has 0 aliphatic heterocycles. The maximum Gasteiger partial charge on any atom is 0.228 e. The number of carbonyl (C=O) groups excluding carboxylic acids is 1. The number of hydrogen-bond donors (Lipinski definition) is 0. The first-order valence-corrected chi connectivity index (χ1v) is 4.60. The molecule has 12 heavy (non-hydrogen) atoms. The fourth-order valence-corrected chi connectivity index (χ4v) is 1.65. The summed E-state index contributed by atoms with van der Waals surface area (Å²) in [5.41, 5.74) is 0. The van der Waals surface area contributed by atoms with Crippen molar-refractivity contribution in [2.24, 2.45) is 0 Å². The highest BCUT2D eigenvalue weighted by molar-refractivity contribution is 7.14. The van der Waals surface area contributed by atoms with E-state index in [1.807, 2.05) is 30.5 Å². The van der Waals surface area contributed by atoms with Gasteiger partial charge in [0.2, 0.25) is 5.91 Å². The molecule has 0 spiro atoms. The maximum atomic E-state index is 11.1. The summed E-state index contributed by atoms with van der Waals surface area (Å²) in [5, 5.41) is 2.91. The van der Waals surface area contributed by atoms with Crippen LogP contribution in [0.5, 0.6) is 0 Å². The molecule has 0 aliphatic carbocycles. The van der Waals surface area contributed by atoms with Gasteiger partial charge in [-0.3, -0.25) is 9.69 Å². The second kappa shape index (κ2) is 4.07. The molecule has 1 aromatic heterocycles. The monoisotopic (exact) mass is 181 g/mol. The van der Waals surface area contributed by atoms with Crippen molar-refractivity contribution in [1.82, 2.24) is 0 Å². The summed E-state index contributed by atoms with van der Waals surface area (Å²) >= 11 is 1.55. The van der Waals surface area contributed by atoms with Crippen molar-refractivity contribution < 1.29 is 4.79 Å². The van der Waals surface area contributed by atoms with Crippen LogP contribution in [0.3, 0.4) is 0 Å². The first-order chi connectivity index (χ1) is 5.75. The fourth-order valence-electron chi connectivity index (χ4n) is 0.890. The van der Waals surface area contributed by atoms with Gasteiger partial charge in [-0.05, 0) is 24.4 Å². The zero-order chi connectivity index (χ0) is 8.97. The van der Waals surface area contributed by atoms with E-state index in [1.165, 1.54) is 0 Å². The molecular formula is C9H11NOS. The van der Waals surface area contributed by atoms with Gasteiger partial charge >= 0.3 is 0 Å². The Hall–Kier alpha value is -1.09. The molecule has 1 heterocycles. The molecule has 1 amide bonds. The number of nitrogens with zero attached hydrogens (tertiary/aromatic N) is 1. The summed E-state index contributed by atoms with van der Waals surface area (Å²) in [6.07, 6.45) is 3.62. The Bertz CT molecular complexity index is 277. The van der Waals surface area contributed by atoms with Crippen LogP contribution >= 0.6 is 11.3 Å². The molecule has 0 aromatic carbocycles. The van der Waals surface area contributed by atoms with E-state index in [4.69, 9.17) is 0 Å². The lowest BCUT2D eigenvalue weighted by Crippen LogP contribution is -2.20. The molecule has 0 bridgehead atoms. The average molecular weight is 181 g/mol. The molecule has 0 saturated heterocycles. The Balaban J connectivity index is 2.88. The highest BCUT2D eigenvalue weighted by Gasteiger charge is 2.07. The van der Waals surface area contributed by atoms with Gasteiger partial charge < -0.3 is 0 Å². The number of rotatable bonds is 2. The second-order valence-electron chi connectivity index (χ2n) is 2.32. The van der Waals surface area contributed by atoms with Crippen LogP contribution in [0.15, 0.2) is 29.8 Å². The minimum absolute atomic E-state index is 0.0375. The second-order valence-corrected chi connectivity index (χ2v) is 3.25. The molecule has 0 unspecified atom stereocenters. The van der Waals surface area contributed by atoms with Crippen molar-refractivity contribution in [1.29, 1.82) is 0 Å². The van der Waals surface area contributed by atoms with Gasteiger partial charge in [-0.2, -0.15) is 0 Å². The van der Waals surface area contributed by atoms with Gasteiger partial charge in [0.1, 0.15) is 5.00 Å². The quantitative estimate of drug-likeness (QED) is 0.686. The first kappa shape index (κ1) is 9.00. The number of thiophene rings is 1. The molecule has 0 aliphatic rings. The van der Waals surface area contributed by atoms with Gasteiger partial charge in [-0.15, -0.1) is 11.3 Å². The van der Waals surface area contributed by atoms with Crippen LogP contribution in [0, 0.1) is 0 Å². The van der Waals surface area contributed by atoms with Crippen molar-refractivity contribution >= 4 is 22.2 Å². The summed E-state index contributed by atoms with van der Waals surface area (Å²) in [4.78, 5) is 12.7. The molecule has 0 N–H and O–H groups in total. The SMILES string of the molecule is C/C=C\N(C(C)=O)c1cccs1. The van der Waals surface area contributed by atoms with Gasteiger partial charge in [-0.25, -0.2) is 0 Å². The fraction of sp³-hybridized carbons (Fsp3) is 0.222. The molecule has 1 aromatic rings. The van der Waals surface area contributed by atoms with Crippen LogP contribution in [-0.4, -0.2) is 5.91 Å². The van der Waals surface area contributed by atoms with Crippen molar-refractivity contribution in [2.45, 2.75) is 13.8 Å². The molecule has 64 valence electrons. The highest BCUT2D eigenvalue weighted by Crippen LogP contribution is 2.21. The lowest BCUT2D eigenvalue weighted by atomic mass is 10.5. The van der Waals surface area contributed by atoms with E-state index < -0.39 is 0 Å². The third kappa shape index (κ3) is 1.95. The number of amides is 1. The van der Waals surface area contributed by atoms with E-state index in [2.05, 4.69) is 0 Å². The number of hydrogen-bond acceptors (Lipinski definition) is 2. The largest absolute Gasteiger partial charge is 0.279 e. The summed E-state index contributed by atoms with van der Waals surface area (Å²) in [7, 11) is 0. The topological polar surface area (TPSA) is 20.3 Å². The average Bonchev–Trinajstić information content (AvgIpc) is 2.51. The third-order valence-electron chi connectivity index (χ3n) is 1.38. The third-order valence-corrected chi connectivity index (χ3v) is 2.25. The molecular weight excluding hydrogens is 170 g/mol. The maximum absolute atomic E-state index is 11.1. The van der Waals surface area contributed by atoms with Gasteiger partial charge in [0.05, 0.1) is 0 Å². The smallest absolute Gasteiger partial charge is 0.228 e. The van der Waals surface area contributed by atoms with E-state index in [0.717, 1.165) is 5.00 Å². The zero-order valence-electron chi connectivity index (χ0n) is 7.15. The molecule has 0 saturated carbocycles. The van der Waals surface area contributed by atoms with E-state index >= 15 is 0 Å². The van der Waals surface area contributed by atoms with Crippen molar-refractivity contribution in [3.8, 4) is 0 Å². The molecule has 0 fully saturated rings. The van der Waals surface area contributed by atoms with Crippen LogP contribution in [-0.2, 0) is 4.79 Å². The van der Waals surface area contributed by atoms with Crippen LogP contribution in [0.25, 0.3) is 0 Å². The van der Waals surface area contributed by atoms with Crippen molar-refractivity contribution in [3.05, 3.63) is 29.8 Å². The van der Waals surface area contributed by atoms with Crippen molar-refractivity contribution in [3.63, 3.8) is 0 Å². The van der Waals surface area contributed by atoms with Crippen LogP contribution in [0.2, 0.25) is 0 Å². The van der Waals surface area contributed by atoms with Crippen molar-refractivity contribution in [2.75, 3.05) is 4.90 Å². The number of anilines is 1. The molecule has 1 rings (SSSR count). The van der Waals surface area contributed by atoms with E-state index in [0.29, 0.717) is 0 Å². The Labute approximate surface area is 76.1 Å². The minimum atomic E-state index is 0.0375. The normalized spacial score (nSPS) is 10.5. The van der Waals surface area contributed by atoms with Gasteiger partial charge in [-0.1, -0.05) is 6.08 Å². The minimum Gasteiger partial charge on any atom is -0.279 e. The van der Waals surface area contributed by atoms with Crippen LogP contribution in [0.1, 0.15) is 13.8 Å². The van der Waals surface area contributed by atoms with Crippen LogP contribution in [0.4, 0.5) is 5.00 Å². The van der Waals surface area contributed by atoms with E-state index in [-0.39, 0.29) is 5.91 Å². The van der Waals surface area contributed by atoms with E-state index in [9.17, 15) is 4.79 Å². The van der Waals surface area contributed by atoms with Gasteiger partial charge in [0.25, 0.3) is 0 Å². The highest BCUT2D eigenvalue weighted by atomic mass is 32.1. The lowest BCUT2D eigenvalue weighted by molar-refractivity contribution is -0.115.